The predicted molar refractivity (Wildman–Crippen MR) is 82.0 cm³/mol. The molecule has 1 amide bonds. The summed E-state index contributed by atoms with van der Waals surface area (Å²) in [6, 6.07) is 11.6. The molecule has 0 saturated carbocycles. The van der Waals surface area contributed by atoms with Crippen molar-refractivity contribution in [1.82, 2.24) is 5.32 Å². The molecule has 1 N–H and O–H groups in total. The maximum absolute atomic E-state index is 12.2. The lowest BCUT2D eigenvalue weighted by Crippen LogP contribution is -2.26. The van der Waals surface area contributed by atoms with Gasteiger partial charge in [-0.3, -0.25) is 4.79 Å². The zero-order valence-electron chi connectivity index (χ0n) is 13.1. The number of alkyl halides is 3. The van der Waals surface area contributed by atoms with Crippen LogP contribution in [0.15, 0.2) is 48.5 Å². The van der Waals surface area contributed by atoms with E-state index in [9.17, 15) is 18.0 Å². The summed E-state index contributed by atoms with van der Waals surface area (Å²) in [5.74, 6) is -0.0569. The van der Waals surface area contributed by atoms with Crippen molar-refractivity contribution in [2.24, 2.45) is 0 Å². The van der Waals surface area contributed by atoms with Crippen molar-refractivity contribution in [3.05, 3.63) is 59.7 Å². The highest BCUT2D eigenvalue weighted by Crippen LogP contribution is 2.24. The quantitative estimate of drug-likeness (QED) is 0.893. The van der Waals surface area contributed by atoms with Crippen LogP contribution in [0.4, 0.5) is 13.2 Å². The number of carbonyl (C=O) groups excluding carboxylic acids is 1. The van der Waals surface area contributed by atoms with Crippen LogP contribution in [-0.2, 0) is 0 Å². The normalized spacial score (nSPS) is 12.4. The first-order valence-corrected chi connectivity index (χ1v) is 7.09. The highest BCUT2D eigenvalue weighted by Gasteiger charge is 2.31. The first-order valence-electron chi connectivity index (χ1n) is 7.09. The number of hydrogen-bond donors (Lipinski definition) is 1. The minimum atomic E-state index is -4.73. The summed E-state index contributed by atoms with van der Waals surface area (Å²) in [7, 11) is 1.50. The number of rotatable bonds is 5. The van der Waals surface area contributed by atoms with Crippen molar-refractivity contribution < 1.29 is 27.4 Å². The van der Waals surface area contributed by atoms with Gasteiger partial charge in [0.05, 0.1) is 13.2 Å². The standard InChI is InChI=1S/C17H16F3NO3/c1-11(12-6-8-14(9-7-12)24-17(18,19)20)21-16(22)13-4-3-5-15(10-13)23-2/h3-11H,1-2H3,(H,21,22). The Balaban J connectivity index is 2.03. The van der Waals surface area contributed by atoms with Crippen molar-refractivity contribution >= 4 is 5.91 Å². The van der Waals surface area contributed by atoms with E-state index >= 15 is 0 Å². The fraction of sp³-hybridized carbons (Fsp3) is 0.235. The second-order valence-electron chi connectivity index (χ2n) is 5.04. The van der Waals surface area contributed by atoms with E-state index in [0.29, 0.717) is 16.9 Å². The molecular formula is C17H16F3NO3. The van der Waals surface area contributed by atoms with Gasteiger partial charge in [-0.15, -0.1) is 13.2 Å². The number of amides is 1. The summed E-state index contributed by atoms with van der Waals surface area (Å²) >= 11 is 0. The van der Waals surface area contributed by atoms with E-state index in [1.54, 1.807) is 31.2 Å². The third-order valence-electron chi connectivity index (χ3n) is 3.29. The van der Waals surface area contributed by atoms with E-state index in [0.717, 1.165) is 0 Å². The molecule has 0 saturated heterocycles. The van der Waals surface area contributed by atoms with Crippen molar-refractivity contribution in [3.63, 3.8) is 0 Å². The van der Waals surface area contributed by atoms with Crippen LogP contribution >= 0.6 is 0 Å². The lowest BCUT2D eigenvalue weighted by atomic mass is 10.1. The highest BCUT2D eigenvalue weighted by atomic mass is 19.4. The third-order valence-corrected chi connectivity index (χ3v) is 3.29. The molecule has 7 heteroatoms. The van der Waals surface area contributed by atoms with Gasteiger partial charge in [-0.2, -0.15) is 0 Å². The highest BCUT2D eigenvalue weighted by molar-refractivity contribution is 5.94. The minimum absolute atomic E-state index is 0.308. The Morgan fingerprint density at radius 3 is 2.33 bits per heavy atom. The molecule has 128 valence electrons. The SMILES string of the molecule is COc1cccc(C(=O)NC(C)c2ccc(OC(F)(F)F)cc2)c1. The number of ether oxygens (including phenoxy) is 2. The zero-order chi connectivity index (χ0) is 17.7. The van der Waals surface area contributed by atoms with E-state index in [1.165, 1.54) is 31.4 Å². The molecule has 0 fully saturated rings. The Bertz CT molecular complexity index is 699. The summed E-state index contributed by atoms with van der Waals surface area (Å²) in [6.45, 7) is 1.73. The fourth-order valence-corrected chi connectivity index (χ4v) is 2.09. The molecule has 0 bridgehead atoms. The van der Waals surface area contributed by atoms with Gasteiger partial charge in [0.15, 0.2) is 0 Å². The fourth-order valence-electron chi connectivity index (χ4n) is 2.09. The van der Waals surface area contributed by atoms with Gasteiger partial charge in [0.1, 0.15) is 11.5 Å². The van der Waals surface area contributed by atoms with Crippen molar-refractivity contribution in [1.29, 1.82) is 0 Å². The Hall–Kier alpha value is -2.70. The topological polar surface area (TPSA) is 47.6 Å². The molecule has 0 radical (unpaired) electrons. The molecule has 0 aromatic heterocycles. The van der Waals surface area contributed by atoms with Crippen LogP contribution in [0.1, 0.15) is 28.9 Å². The molecule has 1 atom stereocenters. The van der Waals surface area contributed by atoms with Gasteiger partial charge < -0.3 is 14.8 Å². The first kappa shape index (κ1) is 17.7. The maximum atomic E-state index is 12.2. The van der Waals surface area contributed by atoms with E-state index in [1.807, 2.05) is 0 Å². The summed E-state index contributed by atoms with van der Waals surface area (Å²) in [6.07, 6.45) is -4.73. The minimum Gasteiger partial charge on any atom is -0.497 e. The molecule has 2 rings (SSSR count). The van der Waals surface area contributed by atoms with Crippen LogP contribution in [0.5, 0.6) is 11.5 Å². The number of nitrogens with one attached hydrogen (secondary N) is 1. The van der Waals surface area contributed by atoms with Gasteiger partial charge in [-0.05, 0) is 42.8 Å². The molecule has 0 aliphatic carbocycles. The van der Waals surface area contributed by atoms with Crippen molar-refractivity contribution in [3.8, 4) is 11.5 Å². The molecule has 4 nitrogen and oxygen atoms in total. The monoisotopic (exact) mass is 339 g/mol. The summed E-state index contributed by atoms with van der Waals surface area (Å²) in [5.41, 5.74) is 1.08. The zero-order valence-corrected chi connectivity index (χ0v) is 13.1. The van der Waals surface area contributed by atoms with Crippen LogP contribution < -0.4 is 14.8 Å². The Morgan fingerprint density at radius 2 is 1.75 bits per heavy atom. The molecular weight excluding hydrogens is 323 g/mol. The van der Waals surface area contributed by atoms with Gasteiger partial charge in [0, 0.05) is 5.56 Å². The second kappa shape index (κ2) is 7.25. The molecule has 0 spiro atoms. The van der Waals surface area contributed by atoms with E-state index in [2.05, 4.69) is 10.1 Å². The first-order chi connectivity index (χ1) is 11.3. The lowest BCUT2D eigenvalue weighted by molar-refractivity contribution is -0.274. The number of benzene rings is 2. The van der Waals surface area contributed by atoms with E-state index in [4.69, 9.17) is 4.74 Å². The van der Waals surface area contributed by atoms with E-state index < -0.39 is 6.36 Å². The van der Waals surface area contributed by atoms with Gasteiger partial charge in [0.25, 0.3) is 5.91 Å². The average molecular weight is 339 g/mol. The molecule has 2 aromatic rings. The number of halogens is 3. The van der Waals surface area contributed by atoms with Gasteiger partial charge in [-0.1, -0.05) is 18.2 Å². The van der Waals surface area contributed by atoms with Gasteiger partial charge in [-0.25, -0.2) is 0 Å². The molecule has 0 heterocycles. The van der Waals surface area contributed by atoms with Crippen LogP contribution in [0.3, 0.4) is 0 Å². The predicted octanol–water partition coefficient (Wildman–Crippen LogP) is 4.08. The summed E-state index contributed by atoms with van der Waals surface area (Å²) < 4.78 is 45.3. The van der Waals surface area contributed by atoms with Crippen molar-refractivity contribution in [2.45, 2.75) is 19.3 Å². The maximum Gasteiger partial charge on any atom is 0.573 e. The second-order valence-corrected chi connectivity index (χ2v) is 5.04. The van der Waals surface area contributed by atoms with Crippen LogP contribution in [-0.4, -0.2) is 19.4 Å². The van der Waals surface area contributed by atoms with Gasteiger partial charge in [0.2, 0.25) is 0 Å². The molecule has 24 heavy (non-hydrogen) atoms. The molecule has 2 aromatic carbocycles. The van der Waals surface area contributed by atoms with Gasteiger partial charge >= 0.3 is 6.36 Å². The third kappa shape index (κ3) is 4.91. The van der Waals surface area contributed by atoms with Crippen molar-refractivity contribution in [2.75, 3.05) is 7.11 Å². The Kier molecular flexibility index (Phi) is 5.33. The molecule has 0 aliphatic heterocycles. The van der Waals surface area contributed by atoms with Crippen LogP contribution in [0.2, 0.25) is 0 Å². The number of carbonyl (C=O) groups is 1. The number of hydrogen-bond acceptors (Lipinski definition) is 3. The van der Waals surface area contributed by atoms with E-state index in [-0.39, 0.29) is 17.7 Å². The molecule has 0 aliphatic rings. The number of methoxy groups -OCH3 is 1. The van der Waals surface area contributed by atoms with Crippen LogP contribution in [0, 0.1) is 0 Å². The largest absolute Gasteiger partial charge is 0.573 e. The van der Waals surface area contributed by atoms with Crippen LogP contribution in [0.25, 0.3) is 0 Å². The molecule has 1 unspecified atom stereocenters. The Morgan fingerprint density at radius 1 is 1.08 bits per heavy atom. The Labute approximate surface area is 137 Å². The lowest BCUT2D eigenvalue weighted by Gasteiger charge is -2.16. The summed E-state index contributed by atoms with van der Waals surface area (Å²) in [4.78, 5) is 12.2. The summed E-state index contributed by atoms with van der Waals surface area (Å²) in [5, 5.41) is 2.77. The smallest absolute Gasteiger partial charge is 0.497 e. The average Bonchev–Trinajstić information content (AvgIpc) is 2.54.